The van der Waals surface area contributed by atoms with Crippen LogP contribution in [-0.2, 0) is 18.3 Å². The van der Waals surface area contributed by atoms with Crippen molar-refractivity contribution in [2.45, 2.75) is 70.2 Å². The molecule has 3 fully saturated rings. The van der Waals surface area contributed by atoms with E-state index in [4.69, 9.17) is 9.73 Å². The van der Waals surface area contributed by atoms with Crippen LogP contribution in [0.3, 0.4) is 0 Å². The molecule has 0 radical (unpaired) electrons. The van der Waals surface area contributed by atoms with Gasteiger partial charge < -0.3 is 24.8 Å². The van der Waals surface area contributed by atoms with Crippen LogP contribution in [0.5, 0.6) is 0 Å². The second-order valence-corrected chi connectivity index (χ2v) is 8.09. The first-order chi connectivity index (χ1) is 13.2. The summed E-state index contributed by atoms with van der Waals surface area (Å²) in [6.07, 6.45) is 7.73. The average molecular weight is 376 g/mol. The predicted molar refractivity (Wildman–Crippen MR) is 105 cm³/mol. The lowest BCUT2D eigenvalue weighted by Crippen LogP contribution is -2.50. The molecule has 1 atom stereocenters. The summed E-state index contributed by atoms with van der Waals surface area (Å²) in [6.45, 7) is 6.57. The van der Waals surface area contributed by atoms with Gasteiger partial charge in [0.1, 0.15) is 12.4 Å². The van der Waals surface area contributed by atoms with Crippen molar-refractivity contribution in [2.24, 2.45) is 12.0 Å². The topological polar surface area (TPSA) is 79.6 Å². The van der Waals surface area contributed by atoms with Gasteiger partial charge in [0.15, 0.2) is 11.8 Å². The highest BCUT2D eigenvalue weighted by atomic mass is 16.5. The normalized spacial score (nSPS) is 25.1. The third-order valence-corrected chi connectivity index (χ3v) is 6.02. The Morgan fingerprint density at radius 1 is 1.19 bits per heavy atom. The van der Waals surface area contributed by atoms with E-state index < -0.39 is 0 Å². The highest BCUT2D eigenvalue weighted by molar-refractivity contribution is 5.80. The van der Waals surface area contributed by atoms with Crippen LogP contribution in [0.2, 0.25) is 0 Å². The van der Waals surface area contributed by atoms with Crippen LogP contribution in [0.15, 0.2) is 4.99 Å². The van der Waals surface area contributed by atoms with Crippen LogP contribution < -0.4 is 10.6 Å². The molecule has 1 unspecified atom stereocenters. The number of hydrogen-bond donors (Lipinski definition) is 2. The maximum absolute atomic E-state index is 5.75. The van der Waals surface area contributed by atoms with Crippen LogP contribution in [0.1, 0.15) is 50.2 Å². The number of rotatable bonds is 6. The van der Waals surface area contributed by atoms with Gasteiger partial charge in [0.25, 0.3) is 0 Å². The number of aliphatic imine (C=N–C) groups is 1. The van der Waals surface area contributed by atoms with Gasteiger partial charge in [0.05, 0.1) is 6.10 Å². The first-order valence-corrected chi connectivity index (χ1v) is 10.4. The number of guanidine groups is 1. The van der Waals surface area contributed by atoms with Gasteiger partial charge in [0, 0.05) is 45.4 Å². The van der Waals surface area contributed by atoms with Crippen LogP contribution >= 0.6 is 0 Å². The molecule has 2 N–H and O–H groups in total. The fourth-order valence-electron chi connectivity index (χ4n) is 3.95. The van der Waals surface area contributed by atoms with Crippen molar-refractivity contribution in [1.29, 1.82) is 0 Å². The molecule has 2 saturated heterocycles. The summed E-state index contributed by atoms with van der Waals surface area (Å²) in [4.78, 5) is 7.44. The van der Waals surface area contributed by atoms with Gasteiger partial charge in [-0.05, 0) is 45.4 Å². The molecule has 0 bridgehead atoms. The number of aromatic nitrogens is 3. The molecule has 0 aromatic carbocycles. The Hall–Kier alpha value is -1.67. The molecule has 8 heteroatoms. The zero-order valence-corrected chi connectivity index (χ0v) is 16.7. The Morgan fingerprint density at radius 3 is 2.63 bits per heavy atom. The molecule has 0 amide bonds. The van der Waals surface area contributed by atoms with E-state index in [0.717, 1.165) is 49.6 Å². The number of hydrogen-bond acceptors (Lipinski definition) is 5. The number of ether oxygens (including phenoxy) is 1. The minimum Gasteiger partial charge on any atom is -0.376 e. The molecule has 4 rings (SSSR count). The van der Waals surface area contributed by atoms with E-state index in [9.17, 15) is 0 Å². The Labute approximate surface area is 161 Å². The van der Waals surface area contributed by atoms with E-state index in [-0.39, 0.29) is 0 Å². The number of aryl methyl sites for hydroxylation is 1. The Morgan fingerprint density at radius 2 is 2.00 bits per heavy atom. The Bertz CT molecular complexity index is 640. The second-order valence-electron chi connectivity index (χ2n) is 8.09. The highest BCUT2D eigenvalue weighted by Crippen LogP contribution is 2.29. The zero-order chi connectivity index (χ0) is 18.6. The fourth-order valence-corrected chi connectivity index (χ4v) is 3.95. The fraction of sp³-hybridized carbons (Fsp3) is 0.842. The van der Waals surface area contributed by atoms with Gasteiger partial charge in [-0.1, -0.05) is 0 Å². The predicted octanol–water partition coefficient (Wildman–Crippen LogP) is 0.965. The highest BCUT2D eigenvalue weighted by Gasteiger charge is 2.32. The molecule has 2 aliphatic heterocycles. The molecular formula is C19H33N7O. The molecule has 8 nitrogen and oxygen atoms in total. The van der Waals surface area contributed by atoms with E-state index >= 15 is 0 Å². The molecule has 3 heterocycles. The SMILES string of the molecule is Cc1nnc(CN=C(NCC2CCCO2)NC2CCN(C3CC3)CC2)n1C. The van der Waals surface area contributed by atoms with Crippen LogP contribution in [0.4, 0.5) is 0 Å². The monoisotopic (exact) mass is 375 g/mol. The number of piperidine rings is 1. The molecule has 1 aromatic heterocycles. The van der Waals surface area contributed by atoms with Crippen LogP contribution in [0, 0.1) is 6.92 Å². The molecular weight excluding hydrogens is 342 g/mol. The smallest absolute Gasteiger partial charge is 0.192 e. The molecule has 1 saturated carbocycles. The van der Waals surface area contributed by atoms with Crippen molar-refractivity contribution < 1.29 is 4.74 Å². The van der Waals surface area contributed by atoms with Crippen LogP contribution in [-0.4, -0.2) is 70.1 Å². The number of nitrogens with zero attached hydrogens (tertiary/aromatic N) is 5. The second kappa shape index (κ2) is 8.56. The summed E-state index contributed by atoms with van der Waals surface area (Å²) in [7, 11) is 1.99. The quantitative estimate of drug-likeness (QED) is 0.570. The van der Waals surface area contributed by atoms with Crippen molar-refractivity contribution in [3.63, 3.8) is 0 Å². The average Bonchev–Trinajstić information content (AvgIpc) is 3.31. The van der Waals surface area contributed by atoms with E-state index in [1.807, 2.05) is 18.5 Å². The molecule has 150 valence electrons. The van der Waals surface area contributed by atoms with Gasteiger partial charge in [-0.2, -0.15) is 0 Å². The summed E-state index contributed by atoms with van der Waals surface area (Å²) in [6, 6.07) is 1.35. The zero-order valence-electron chi connectivity index (χ0n) is 16.7. The third kappa shape index (κ3) is 4.99. The summed E-state index contributed by atoms with van der Waals surface area (Å²) in [5.74, 6) is 2.67. The maximum Gasteiger partial charge on any atom is 0.192 e. The summed E-state index contributed by atoms with van der Waals surface area (Å²) < 4.78 is 7.74. The Balaban J connectivity index is 1.34. The van der Waals surface area contributed by atoms with Crippen molar-refractivity contribution in [1.82, 2.24) is 30.3 Å². The van der Waals surface area contributed by atoms with Crippen LogP contribution in [0.25, 0.3) is 0 Å². The molecule has 27 heavy (non-hydrogen) atoms. The largest absolute Gasteiger partial charge is 0.376 e. The van der Waals surface area contributed by atoms with E-state index in [0.29, 0.717) is 18.7 Å². The maximum atomic E-state index is 5.75. The lowest BCUT2D eigenvalue weighted by atomic mass is 10.1. The minimum absolute atomic E-state index is 0.297. The summed E-state index contributed by atoms with van der Waals surface area (Å²) in [5.41, 5.74) is 0. The van der Waals surface area contributed by atoms with E-state index in [2.05, 4.69) is 25.7 Å². The molecule has 1 aromatic rings. The lowest BCUT2D eigenvalue weighted by molar-refractivity contribution is 0.113. The number of nitrogens with one attached hydrogen (secondary N) is 2. The van der Waals surface area contributed by atoms with Gasteiger partial charge in [-0.3, -0.25) is 0 Å². The third-order valence-electron chi connectivity index (χ3n) is 6.02. The molecule has 1 aliphatic carbocycles. The van der Waals surface area contributed by atoms with Gasteiger partial charge >= 0.3 is 0 Å². The summed E-state index contributed by atoms with van der Waals surface area (Å²) >= 11 is 0. The first kappa shape index (κ1) is 18.7. The molecule has 0 spiro atoms. The summed E-state index contributed by atoms with van der Waals surface area (Å²) in [5, 5.41) is 15.5. The van der Waals surface area contributed by atoms with Crippen molar-refractivity contribution in [3.05, 3.63) is 11.6 Å². The van der Waals surface area contributed by atoms with Crippen molar-refractivity contribution in [3.8, 4) is 0 Å². The Kier molecular flexibility index (Phi) is 5.92. The first-order valence-electron chi connectivity index (χ1n) is 10.4. The number of likely N-dealkylation sites (tertiary alicyclic amines) is 1. The van der Waals surface area contributed by atoms with Crippen molar-refractivity contribution in [2.75, 3.05) is 26.2 Å². The van der Waals surface area contributed by atoms with Gasteiger partial charge in [0.2, 0.25) is 0 Å². The van der Waals surface area contributed by atoms with Gasteiger partial charge in [-0.15, -0.1) is 10.2 Å². The van der Waals surface area contributed by atoms with E-state index in [1.165, 1.54) is 38.8 Å². The van der Waals surface area contributed by atoms with E-state index in [1.54, 1.807) is 0 Å². The lowest BCUT2D eigenvalue weighted by Gasteiger charge is -2.33. The van der Waals surface area contributed by atoms with Gasteiger partial charge in [-0.25, -0.2) is 4.99 Å². The molecule has 3 aliphatic rings. The minimum atomic E-state index is 0.297. The van der Waals surface area contributed by atoms with Crippen molar-refractivity contribution >= 4 is 5.96 Å². The standard InChI is InChI=1S/C19H33N7O/c1-14-23-24-18(25(14)2)13-21-19(20-12-17-4-3-11-27-17)22-15-7-9-26(10-8-15)16-5-6-16/h15-17H,3-13H2,1-2H3,(H2,20,21,22).